The number of hydrogen-bond donors (Lipinski definition) is 2. The van der Waals surface area contributed by atoms with Crippen LogP contribution in [0.2, 0.25) is 5.02 Å². The van der Waals surface area contributed by atoms with E-state index in [1.165, 1.54) is 19.0 Å². The van der Waals surface area contributed by atoms with Gasteiger partial charge in [-0.15, -0.1) is 0 Å². The average molecular weight is 478 g/mol. The second-order valence-corrected chi connectivity index (χ2v) is 9.22. The van der Waals surface area contributed by atoms with Crippen molar-refractivity contribution >= 4 is 51.3 Å². The van der Waals surface area contributed by atoms with Crippen LogP contribution in [0.15, 0.2) is 29.3 Å². The summed E-state index contributed by atoms with van der Waals surface area (Å²) in [5, 5.41) is 4.71. The number of halogens is 2. The van der Waals surface area contributed by atoms with Crippen molar-refractivity contribution in [1.82, 2.24) is 19.4 Å². The molecule has 1 atom stereocenters. The number of aryl methyl sites for hydroxylation is 1. The number of allylic oxidation sites excluding steroid dienone is 1. The molecule has 1 saturated carbocycles. The molecular weight excluding hydrogens is 449 g/mol. The van der Waals surface area contributed by atoms with E-state index >= 15 is 0 Å². The van der Waals surface area contributed by atoms with Crippen molar-refractivity contribution in [3.05, 3.63) is 29.3 Å². The van der Waals surface area contributed by atoms with E-state index in [1.807, 2.05) is 22.6 Å². The topological polar surface area (TPSA) is 101 Å². The number of hydrogen-bond acceptors (Lipinski definition) is 6. The van der Waals surface area contributed by atoms with Crippen molar-refractivity contribution in [2.45, 2.75) is 45.6 Å². The molecular formula is C22H29Cl2N7O. The number of likely N-dealkylation sites (tertiary alicyclic amines) is 1. The fourth-order valence-electron chi connectivity index (χ4n) is 4.52. The molecule has 2 aromatic rings. The molecule has 4 rings (SSSR count). The van der Waals surface area contributed by atoms with E-state index in [0.29, 0.717) is 35.0 Å². The third-order valence-electron chi connectivity index (χ3n) is 6.33. The van der Waals surface area contributed by atoms with Crippen LogP contribution >= 0.6 is 23.2 Å². The van der Waals surface area contributed by atoms with E-state index in [9.17, 15) is 4.79 Å². The molecule has 1 aliphatic carbocycles. The van der Waals surface area contributed by atoms with Gasteiger partial charge in [-0.2, -0.15) is 4.98 Å². The Morgan fingerprint density at radius 2 is 2.16 bits per heavy atom. The van der Waals surface area contributed by atoms with Crippen molar-refractivity contribution in [3.63, 3.8) is 0 Å². The van der Waals surface area contributed by atoms with Crippen LogP contribution in [0.3, 0.4) is 0 Å². The number of nitrogens with zero attached hydrogens (tertiary/aromatic N) is 5. The molecule has 1 aliphatic heterocycles. The third-order valence-corrected chi connectivity index (χ3v) is 6.96. The predicted octanol–water partition coefficient (Wildman–Crippen LogP) is 3.99. The minimum Gasteiger partial charge on any atom is -0.403 e. The molecule has 2 aliphatic rings. The maximum Gasteiger partial charge on any atom is 0.229 e. The second-order valence-electron chi connectivity index (χ2n) is 8.45. The number of nitrogens with one attached hydrogen (secondary N) is 1. The van der Waals surface area contributed by atoms with Crippen molar-refractivity contribution in [2.75, 3.05) is 25.0 Å². The van der Waals surface area contributed by atoms with E-state index in [1.54, 1.807) is 6.20 Å². The zero-order valence-corrected chi connectivity index (χ0v) is 19.7. The summed E-state index contributed by atoms with van der Waals surface area (Å²) in [6, 6.07) is 0. The van der Waals surface area contributed by atoms with Gasteiger partial charge in [-0.25, -0.2) is 4.98 Å². The summed E-state index contributed by atoms with van der Waals surface area (Å²) in [4.78, 5) is 28.0. The highest BCUT2D eigenvalue weighted by Gasteiger charge is 2.32. The van der Waals surface area contributed by atoms with Crippen molar-refractivity contribution in [2.24, 2.45) is 22.6 Å². The molecule has 1 amide bonds. The van der Waals surface area contributed by atoms with Gasteiger partial charge < -0.3 is 20.5 Å². The Labute approximate surface area is 197 Å². The number of aliphatic imine (C=N–C) groups is 1. The van der Waals surface area contributed by atoms with Crippen LogP contribution in [0.25, 0.3) is 11.0 Å². The van der Waals surface area contributed by atoms with Crippen LogP contribution in [0.5, 0.6) is 0 Å². The summed E-state index contributed by atoms with van der Waals surface area (Å²) < 4.78 is 1.95. The number of anilines is 1. The van der Waals surface area contributed by atoms with Gasteiger partial charge in [0, 0.05) is 50.7 Å². The van der Waals surface area contributed by atoms with Crippen LogP contribution in [0.4, 0.5) is 5.95 Å². The SMILES string of the molecule is CCn1cc(Cl)c2cnc(NC(=C/N)/C(Cl)=N\C[C@H]3CCN(C(=O)C4CCCC4)C3)nc21. The summed E-state index contributed by atoms with van der Waals surface area (Å²) in [6.45, 7) is 4.85. The molecule has 0 aromatic carbocycles. The summed E-state index contributed by atoms with van der Waals surface area (Å²) in [7, 11) is 0. The van der Waals surface area contributed by atoms with Crippen LogP contribution in [-0.2, 0) is 11.3 Å². The number of fused-ring (bicyclic) bond motifs is 1. The van der Waals surface area contributed by atoms with Crippen molar-refractivity contribution in [1.29, 1.82) is 0 Å². The molecule has 0 radical (unpaired) electrons. The molecule has 8 nitrogen and oxygen atoms in total. The number of nitrogens with two attached hydrogens (primary N) is 1. The average Bonchev–Trinajstić information content (AvgIpc) is 3.56. The lowest BCUT2D eigenvalue weighted by molar-refractivity contribution is -0.134. The lowest BCUT2D eigenvalue weighted by atomic mass is 10.1. The van der Waals surface area contributed by atoms with Gasteiger partial charge in [-0.05, 0) is 32.1 Å². The van der Waals surface area contributed by atoms with Gasteiger partial charge in [0.2, 0.25) is 11.9 Å². The Hall–Kier alpha value is -2.32. The monoisotopic (exact) mass is 477 g/mol. The zero-order chi connectivity index (χ0) is 22.7. The summed E-state index contributed by atoms with van der Waals surface area (Å²) in [6.07, 6.45) is 10.2. The maximum absolute atomic E-state index is 12.6. The lowest BCUT2D eigenvalue weighted by Gasteiger charge is -2.20. The highest BCUT2D eigenvalue weighted by molar-refractivity contribution is 6.69. The number of rotatable bonds is 7. The van der Waals surface area contributed by atoms with Gasteiger partial charge in [0.05, 0.1) is 16.1 Å². The Bertz CT molecular complexity index is 1040. The molecule has 3 heterocycles. The minimum atomic E-state index is 0.220. The highest BCUT2D eigenvalue weighted by Crippen LogP contribution is 2.29. The first-order valence-electron chi connectivity index (χ1n) is 11.2. The van der Waals surface area contributed by atoms with Crippen LogP contribution in [0.1, 0.15) is 39.0 Å². The van der Waals surface area contributed by atoms with E-state index in [2.05, 4.69) is 20.3 Å². The predicted molar refractivity (Wildman–Crippen MR) is 129 cm³/mol. The van der Waals surface area contributed by atoms with E-state index in [0.717, 1.165) is 49.9 Å². The molecule has 2 aromatic heterocycles. The third kappa shape index (κ3) is 4.86. The van der Waals surface area contributed by atoms with Crippen molar-refractivity contribution < 1.29 is 4.79 Å². The molecule has 0 spiro atoms. The Kier molecular flexibility index (Phi) is 7.20. The minimum absolute atomic E-state index is 0.220. The lowest BCUT2D eigenvalue weighted by Crippen LogP contribution is -2.33. The summed E-state index contributed by atoms with van der Waals surface area (Å²) >= 11 is 12.7. The second kappa shape index (κ2) is 10.1. The number of carbonyl (C=O) groups is 1. The Morgan fingerprint density at radius 3 is 2.88 bits per heavy atom. The van der Waals surface area contributed by atoms with E-state index in [-0.39, 0.29) is 11.1 Å². The first kappa shape index (κ1) is 22.9. The molecule has 3 N–H and O–H groups in total. The van der Waals surface area contributed by atoms with Gasteiger partial charge in [-0.1, -0.05) is 36.0 Å². The normalized spacial score (nSPS) is 20.5. The maximum atomic E-state index is 12.6. The number of carbonyl (C=O) groups excluding carboxylic acids is 1. The zero-order valence-electron chi connectivity index (χ0n) is 18.2. The summed E-state index contributed by atoms with van der Waals surface area (Å²) in [5.74, 6) is 1.20. The standard InChI is InChI=1S/C22H29Cl2N7O/c1-2-30-13-17(23)16-11-27-22(29-20(16)30)28-18(9-25)19(24)26-10-14-7-8-31(12-14)21(32)15-5-3-4-6-15/h9,11,13-15H,2-8,10,12,25H2,1H3,(H,27,28,29)/b18-9+,26-19+/t14-/m1/s1. The van der Waals surface area contributed by atoms with Crippen LogP contribution in [0, 0.1) is 11.8 Å². The molecule has 0 unspecified atom stereocenters. The molecule has 0 bridgehead atoms. The van der Waals surface area contributed by atoms with E-state index < -0.39 is 0 Å². The number of aromatic nitrogens is 3. The van der Waals surface area contributed by atoms with Crippen LogP contribution in [-0.4, -0.2) is 50.1 Å². The van der Waals surface area contributed by atoms with Gasteiger partial charge in [0.1, 0.15) is 10.8 Å². The highest BCUT2D eigenvalue weighted by atomic mass is 35.5. The number of amides is 1. The molecule has 2 fully saturated rings. The quantitative estimate of drug-likeness (QED) is 0.586. The van der Waals surface area contributed by atoms with Gasteiger partial charge in [0.15, 0.2) is 0 Å². The van der Waals surface area contributed by atoms with E-state index in [4.69, 9.17) is 28.9 Å². The smallest absolute Gasteiger partial charge is 0.229 e. The Morgan fingerprint density at radius 1 is 1.38 bits per heavy atom. The molecule has 1 saturated heterocycles. The van der Waals surface area contributed by atoms with Gasteiger partial charge >= 0.3 is 0 Å². The Balaban J connectivity index is 1.37. The van der Waals surface area contributed by atoms with Crippen molar-refractivity contribution in [3.8, 4) is 0 Å². The first-order valence-corrected chi connectivity index (χ1v) is 11.9. The fourth-order valence-corrected chi connectivity index (χ4v) is 4.95. The molecule has 32 heavy (non-hydrogen) atoms. The van der Waals surface area contributed by atoms with Gasteiger partial charge in [0.25, 0.3) is 0 Å². The first-order chi connectivity index (χ1) is 15.5. The molecule has 172 valence electrons. The van der Waals surface area contributed by atoms with Gasteiger partial charge in [-0.3, -0.25) is 9.79 Å². The largest absolute Gasteiger partial charge is 0.403 e. The fraction of sp³-hybridized carbons (Fsp3) is 0.545. The van der Waals surface area contributed by atoms with Crippen LogP contribution < -0.4 is 11.1 Å². The molecule has 10 heteroatoms. The summed E-state index contributed by atoms with van der Waals surface area (Å²) in [5.41, 5.74) is 6.95.